The molecule has 0 aliphatic carbocycles. The quantitative estimate of drug-likeness (QED) is 0.766. The molecule has 1 atom stereocenters. The first-order valence-corrected chi connectivity index (χ1v) is 9.05. The minimum Gasteiger partial charge on any atom is -0.339 e. The van der Waals surface area contributed by atoms with Gasteiger partial charge in [0.25, 0.3) is 5.91 Å². The molecule has 2 amide bonds. The van der Waals surface area contributed by atoms with Gasteiger partial charge in [0.15, 0.2) is 5.16 Å². The molecule has 0 saturated heterocycles. The monoisotopic (exact) mass is 361 g/mol. The standard InChI is InChI=1S/C17H23N5O2S/c1-5-22(6-2)16(24)13-8-7-9-14(10-13)19-15(23)12(3)25-17-20-18-11-21(17)4/h7-12H,5-6H2,1-4H3,(H,19,23). The number of carbonyl (C=O) groups excluding carboxylic acids is 2. The lowest BCUT2D eigenvalue weighted by Crippen LogP contribution is -2.30. The van der Waals surface area contributed by atoms with Crippen molar-refractivity contribution in [2.45, 2.75) is 31.2 Å². The summed E-state index contributed by atoms with van der Waals surface area (Å²) in [6, 6.07) is 7.01. The van der Waals surface area contributed by atoms with Crippen molar-refractivity contribution >= 4 is 29.3 Å². The molecule has 1 heterocycles. The third-order valence-corrected chi connectivity index (χ3v) is 4.90. The summed E-state index contributed by atoms with van der Waals surface area (Å²) in [6.07, 6.45) is 1.59. The number of benzene rings is 1. The highest BCUT2D eigenvalue weighted by Gasteiger charge is 2.18. The van der Waals surface area contributed by atoms with Crippen molar-refractivity contribution in [3.8, 4) is 0 Å². The number of aromatic nitrogens is 3. The highest BCUT2D eigenvalue weighted by molar-refractivity contribution is 8.00. The number of rotatable bonds is 7. The molecular formula is C17H23N5O2S. The van der Waals surface area contributed by atoms with Crippen molar-refractivity contribution in [2.75, 3.05) is 18.4 Å². The van der Waals surface area contributed by atoms with Crippen molar-refractivity contribution in [1.29, 1.82) is 0 Å². The van der Waals surface area contributed by atoms with E-state index in [1.807, 2.05) is 20.9 Å². The van der Waals surface area contributed by atoms with Crippen LogP contribution in [0.5, 0.6) is 0 Å². The van der Waals surface area contributed by atoms with E-state index in [1.165, 1.54) is 11.8 Å². The number of hydrogen-bond acceptors (Lipinski definition) is 5. The first-order valence-electron chi connectivity index (χ1n) is 8.17. The van der Waals surface area contributed by atoms with Crippen molar-refractivity contribution in [2.24, 2.45) is 7.05 Å². The molecule has 0 fully saturated rings. The molecule has 2 aromatic rings. The van der Waals surface area contributed by atoms with Gasteiger partial charge in [0.05, 0.1) is 5.25 Å². The Kier molecular flexibility index (Phi) is 6.58. The van der Waals surface area contributed by atoms with E-state index in [-0.39, 0.29) is 17.1 Å². The molecule has 0 saturated carbocycles. The van der Waals surface area contributed by atoms with E-state index < -0.39 is 0 Å². The Morgan fingerprint density at radius 3 is 2.64 bits per heavy atom. The van der Waals surface area contributed by atoms with E-state index in [4.69, 9.17) is 0 Å². The number of hydrogen-bond donors (Lipinski definition) is 1. The normalized spacial score (nSPS) is 11.8. The highest BCUT2D eigenvalue weighted by atomic mass is 32.2. The van der Waals surface area contributed by atoms with Gasteiger partial charge in [-0.15, -0.1) is 10.2 Å². The Hall–Kier alpha value is -2.35. The van der Waals surface area contributed by atoms with Gasteiger partial charge in [-0.25, -0.2) is 0 Å². The molecule has 1 unspecified atom stereocenters. The van der Waals surface area contributed by atoms with E-state index in [0.29, 0.717) is 29.5 Å². The fraction of sp³-hybridized carbons (Fsp3) is 0.412. The number of aryl methyl sites for hydroxylation is 1. The van der Waals surface area contributed by atoms with Gasteiger partial charge in [-0.3, -0.25) is 9.59 Å². The molecule has 8 heteroatoms. The van der Waals surface area contributed by atoms with Crippen LogP contribution in [0.2, 0.25) is 0 Å². The lowest BCUT2D eigenvalue weighted by atomic mass is 10.1. The summed E-state index contributed by atoms with van der Waals surface area (Å²) in [5.41, 5.74) is 1.17. The maximum atomic E-state index is 12.4. The van der Waals surface area contributed by atoms with Crippen LogP contribution in [0.1, 0.15) is 31.1 Å². The largest absolute Gasteiger partial charge is 0.339 e. The molecule has 0 spiro atoms. The lowest BCUT2D eigenvalue weighted by molar-refractivity contribution is -0.115. The Labute approximate surface area is 151 Å². The van der Waals surface area contributed by atoms with Crippen LogP contribution in [0.25, 0.3) is 0 Å². The minimum atomic E-state index is -0.343. The molecular weight excluding hydrogens is 338 g/mol. The first-order chi connectivity index (χ1) is 12.0. The molecule has 134 valence electrons. The SMILES string of the molecule is CCN(CC)C(=O)c1cccc(NC(=O)C(C)Sc2nncn2C)c1. The molecule has 7 nitrogen and oxygen atoms in total. The van der Waals surface area contributed by atoms with Crippen molar-refractivity contribution in [3.05, 3.63) is 36.2 Å². The molecule has 25 heavy (non-hydrogen) atoms. The maximum absolute atomic E-state index is 12.4. The Balaban J connectivity index is 2.04. The van der Waals surface area contributed by atoms with Crippen LogP contribution in [0, 0.1) is 0 Å². The van der Waals surface area contributed by atoms with Crippen molar-refractivity contribution in [3.63, 3.8) is 0 Å². The Morgan fingerprint density at radius 2 is 2.04 bits per heavy atom. The second-order valence-corrected chi connectivity index (χ2v) is 6.84. The first kappa shape index (κ1) is 19.0. The summed E-state index contributed by atoms with van der Waals surface area (Å²) in [7, 11) is 1.83. The van der Waals surface area contributed by atoms with E-state index >= 15 is 0 Å². The zero-order valence-electron chi connectivity index (χ0n) is 14.9. The molecule has 2 rings (SSSR count). The van der Waals surface area contributed by atoms with Gasteiger partial charge in [-0.2, -0.15) is 0 Å². The minimum absolute atomic E-state index is 0.0393. The van der Waals surface area contributed by atoms with Crippen molar-refractivity contribution in [1.82, 2.24) is 19.7 Å². The number of thioether (sulfide) groups is 1. The molecule has 1 N–H and O–H groups in total. The lowest BCUT2D eigenvalue weighted by Gasteiger charge is -2.19. The number of anilines is 1. The van der Waals surface area contributed by atoms with Crippen LogP contribution in [-0.4, -0.2) is 49.8 Å². The zero-order valence-corrected chi connectivity index (χ0v) is 15.7. The second kappa shape index (κ2) is 8.66. The molecule has 0 radical (unpaired) electrons. The number of carbonyl (C=O) groups is 2. The van der Waals surface area contributed by atoms with Crippen LogP contribution in [0.3, 0.4) is 0 Å². The fourth-order valence-electron chi connectivity index (χ4n) is 2.26. The van der Waals surface area contributed by atoms with Gasteiger partial charge in [0.2, 0.25) is 5.91 Å². The van der Waals surface area contributed by atoms with Crippen LogP contribution in [-0.2, 0) is 11.8 Å². The molecule has 0 bridgehead atoms. The van der Waals surface area contributed by atoms with Crippen LogP contribution < -0.4 is 5.32 Å². The second-order valence-electron chi connectivity index (χ2n) is 5.53. The average Bonchev–Trinajstić information content (AvgIpc) is 3.00. The predicted octanol–water partition coefficient (Wildman–Crippen LogP) is 2.42. The molecule has 1 aromatic carbocycles. The van der Waals surface area contributed by atoms with Crippen molar-refractivity contribution < 1.29 is 9.59 Å². The third kappa shape index (κ3) is 4.82. The predicted molar refractivity (Wildman–Crippen MR) is 98.6 cm³/mol. The zero-order chi connectivity index (χ0) is 18.4. The highest BCUT2D eigenvalue weighted by Crippen LogP contribution is 2.22. The summed E-state index contributed by atoms with van der Waals surface area (Å²) in [4.78, 5) is 26.6. The van der Waals surface area contributed by atoms with Gasteiger partial charge >= 0.3 is 0 Å². The molecule has 0 aliphatic rings. The summed E-state index contributed by atoms with van der Waals surface area (Å²) >= 11 is 1.33. The smallest absolute Gasteiger partial charge is 0.253 e. The van der Waals surface area contributed by atoms with E-state index in [9.17, 15) is 9.59 Å². The molecule has 0 aliphatic heterocycles. The summed E-state index contributed by atoms with van der Waals surface area (Å²) < 4.78 is 1.76. The van der Waals surface area contributed by atoms with Gasteiger partial charge in [0.1, 0.15) is 6.33 Å². The summed E-state index contributed by atoms with van der Waals surface area (Å²) in [6.45, 7) is 6.99. The number of nitrogens with one attached hydrogen (secondary N) is 1. The fourth-order valence-corrected chi connectivity index (χ4v) is 3.05. The van der Waals surface area contributed by atoms with Crippen LogP contribution >= 0.6 is 11.8 Å². The Bertz CT molecular complexity index is 742. The third-order valence-electron chi connectivity index (χ3n) is 3.75. The van der Waals surface area contributed by atoms with E-state index in [0.717, 1.165) is 0 Å². The summed E-state index contributed by atoms with van der Waals surface area (Å²) in [5.74, 6) is -0.192. The van der Waals surface area contributed by atoms with Gasteiger partial charge in [-0.1, -0.05) is 17.8 Å². The Morgan fingerprint density at radius 1 is 1.32 bits per heavy atom. The number of amides is 2. The van der Waals surface area contributed by atoms with Crippen LogP contribution in [0.15, 0.2) is 35.7 Å². The van der Waals surface area contributed by atoms with Gasteiger partial charge in [-0.05, 0) is 39.0 Å². The topological polar surface area (TPSA) is 80.1 Å². The van der Waals surface area contributed by atoms with E-state index in [2.05, 4.69) is 15.5 Å². The maximum Gasteiger partial charge on any atom is 0.253 e. The molecule has 1 aromatic heterocycles. The van der Waals surface area contributed by atoms with Crippen LogP contribution in [0.4, 0.5) is 5.69 Å². The van der Waals surface area contributed by atoms with Gasteiger partial charge < -0.3 is 14.8 Å². The van der Waals surface area contributed by atoms with E-state index in [1.54, 1.807) is 47.0 Å². The average molecular weight is 361 g/mol. The summed E-state index contributed by atoms with van der Waals surface area (Å²) in [5, 5.41) is 11.0. The number of nitrogens with zero attached hydrogens (tertiary/aromatic N) is 4. The van der Waals surface area contributed by atoms with Gasteiger partial charge in [0, 0.05) is 31.4 Å².